The second-order valence-electron chi connectivity index (χ2n) is 5.27. The minimum atomic E-state index is -2.61. The molecule has 0 atom stereocenters. The highest BCUT2D eigenvalue weighted by atomic mass is 31.2. The maximum absolute atomic E-state index is 13.2. The van der Waals surface area contributed by atoms with Crippen LogP contribution in [-0.2, 0) is 4.57 Å². The van der Waals surface area contributed by atoms with Gasteiger partial charge in [-0.2, -0.15) is 0 Å². The Balaban J connectivity index is 2.34. The number of hydrogen-bond donors (Lipinski definition) is 1. The van der Waals surface area contributed by atoms with Crippen LogP contribution in [0.5, 0.6) is 0 Å². The zero-order chi connectivity index (χ0) is 14.3. The molecule has 0 bridgehead atoms. The van der Waals surface area contributed by atoms with Crippen molar-refractivity contribution in [1.82, 2.24) is 4.98 Å². The van der Waals surface area contributed by atoms with Gasteiger partial charge in [0.25, 0.3) is 5.92 Å². The molecular formula is C12H18F2N3OP. The van der Waals surface area contributed by atoms with Crippen molar-refractivity contribution in [3.05, 3.63) is 12.1 Å². The molecule has 0 aromatic carbocycles. The first-order chi connectivity index (χ1) is 8.69. The molecule has 1 aliphatic rings. The number of rotatable bonds is 2. The fourth-order valence-electron chi connectivity index (χ4n) is 2.15. The second kappa shape index (κ2) is 4.75. The molecular weight excluding hydrogens is 271 g/mol. The molecule has 7 heteroatoms. The Morgan fingerprint density at radius 1 is 1.32 bits per heavy atom. The van der Waals surface area contributed by atoms with E-state index in [4.69, 9.17) is 5.73 Å². The highest BCUT2D eigenvalue weighted by molar-refractivity contribution is 7.70. The van der Waals surface area contributed by atoms with Crippen molar-refractivity contribution in [2.24, 2.45) is 0 Å². The molecule has 0 spiro atoms. The quantitative estimate of drug-likeness (QED) is 0.847. The molecule has 0 aliphatic carbocycles. The zero-order valence-electron chi connectivity index (χ0n) is 11.1. The van der Waals surface area contributed by atoms with Crippen molar-refractivity contribution in [1.29, 1.82) is 0 Å². The first-order valence-electron chi connectivity index (χ1n) is 6.14. The Morgan fingerprint density at radius 2 is 1.89 bits per heavy atom. The molecule has 19 heavy (non-hydrogen) atoms. The van der Waals surface area contributed by atoms with Crippen molar-refractivity contribution in [3.63, 3.8) is 0 Å². The number of aromatic nitrogens is 1. The van der Waals surface area contributed by atoms with E-state index in [1.54, 1.807) is 30.4 Å². The van der Waals surface area contributed by atoms with Gasteiger partial charge in [-0.05, 0) is 25.5 Å². The zero-order valence-corrected chi connectivity index (χ0v) is 12.0. The molecule has 0 radical (unpaired) electrons. The summed E-state index contributed by atoms with van der Waals surface area (Å²) < 4.78 is 38.6. The number of pyridine rings is 1. The number of halogens is 2. The van der Waals surface area contributed by atoms with Crippen LogP contribution < -0.4 is 15.9 Å². The van der Waals surface area contributed by atoms with Gasteiger partial charge in [-0.15, -0.1) is 0 Å². The minimum Gasteiger partial charge on any atom is -0.384 e. The van der Waals surface area contributed by atoms with Crippen LogP contribution in [0.2, 0.25) is 0 Å². The van der Waals surface area contributed by atoms with Crippen molar-refractivity contribution >= 4 is 24.1 Å². The number of nitrogens with two attached hydrogens (primary N) is 1. The van der Waals surface area contributed by atoms with Crippen LogP contribution in [0.1, 0.15) is 12.8 Å². The summed E-state index contributed by atoms with van der Waals surface area (Å²) in [4.78, 5) is 5.95. The van der Waals surface area contributed by atoms with Crippen LogP contribution in [-0.4, -0.2) is 37.3 Å². The number of hydrogen-bond acceptors (Lipinski definition) is 4. The molecule has 1 saturated heterocycles. The van der Waals surface area contributed by atoms with E-state index in [1.165, 1.54) is 0 Å². The fourth-order valence-corrected chi connectivity index (χ4v) is 3.26. The number of piperidine rings is 1. The van der Waals surface area contributed by atoms with Gasteiger partial charge in [0.1, 0.15) is 18.8 Å². The minimum absolute atomic E-state index is 0.205. The summed E-state index contributed by atoms with van der Waals surface area (Å²) in [5, 5.41) is 0.604. The summed E-state index contributed by atoms with van der Waals surface area (Å²) in [7, 11) is -2.52. The average Bonchev–Trinajstić information content (AvgIpc) is 2.27. The SMILES string of the molecule is CP(C)(=O)c1ccc(N)nc1N1CCC(F)(F)CC1. The molecule has 1 aliphatic heterocycles. The number of nitrogens with zero attached hydrogens (tertiary/aromatic N) is 2. The van der Waals surface area contributed by atoms with Crippen LogP contribution in [0.4, 0.5) is 20.4 Å². The van der Waals surface area contributed by atoms with E-state index < -0.39 is 13.1 Å². The third-order valence-corrected chi connectivity index (χ3v) is 4.76. The molecule has 0 amide bonds. The van der Waals surface area contributed by atoms with Crippen molar-refractivity contribution < 1.29 is 13.3 Å². The molecule has 1 aromatic heterocycles. The van der Waals surface area contributed by atoms with Gasteiger partial charge in [0, 0.05) is 25.9 Å². The molecule has 1 fully saturated rings. The summed E-state index contributed by atoms with van der Waals surface area (Å²) >= 11 is 0. The molecule has 1 aromatic rings. The van der Waals surface area contributed by atoms with E-state index in [2.05, 4.69) is 4.98 Å². The highest BCUT2D eigenvalue weighted by Gasteiger charge is 2.35. The van der Waals surface area contributed by atoms with Crippen molar-refractivity contribution in [3.8, 4) is 0 Å². The van der Waals surface area contributed by atoms with Gasteiger partial charge in [-0.25, -0.2) is 13.8 Å². The van der Waals surface area contributed by atoms with Crippen molar-refractivity contribution in [2.75, 3.05) is 37.1 Å². The van der Waals surface area contributed by atoms with E-state index in [9.17, 15) is 13.3 Å². The maximum Gasteiger partial charge on any atom is 0.251 e. The van der Waals surface area contributed by atoms with Crippen LogP contribution in [0.15, 0.2) is 12.1 Å². The third kappa shape index (κ3) is 3.24. The van der Waals surface area contributed by atoms with Crippen LogP contribution in [0, 0.1) is 0 Å². The van der Waals surface area contributed by atoms with Crippen LogP contribution >= 0.6 is 7.14 Å². The summed E-state index contributed by atoms with van der Waals surface area (Å²) in [6.45, 7) is 3.69. The lowest BCUT2D eigenvalue weighted by Crippen LogP contribution is -2.41. The van der Waals surface area contributed by atoms with Gasteiger partial charge in [0.2, 0.25) is 0 Å². The van der Waals surface area contributed by atoms with E-state index in [-0.39, 0.29) is 25.9 Å². The first-order valence-corrected chi connectivity index (χ1v) is 8.74. The number of alkyl halides is 2. The van der Waals surface area contributed by atoms with Gasteiger partial charge in [0.05, 0.1) is 5.30 Å². The van der Waals surface area contributed by atoms with E-state index in [1.807, 2.05) is 0 Å². The van der Waals surface area contributed by atoms with E-state index in [0.717, 1.165) is 0 Å². The number of nitrogen functional groups attached to an aromatic ring is 1. The standard InChI is InChI=1S/C12H18F2N3OP/c1-19(2,18)9-3-4-10(15)16-11(9)17-7-5-12(13,14)6-8-17/h3-4H,5-8H2,1-2H3,(H2,15,16). The normalized spacial score (nSPS) is 19.5. The Labute approximate surface area is 111 Å². The van der Waals surface area contributed by atoms with Gasteiger partial charge >= 0.3 is 0 Å². The Bertz CT molecular complexity index is 520. The Hall–Kier alpha value is -1.16. The average molecular weight is 289 g/mol. The third-order valence-electron chi connectivity index (χ3n) is 3.25. The molecule has 0 unspecified atom stereocenters. The van der Waals surface area contributed by atoms with Crippen LogP contribution in [0.3, 0.4) is 0 Å². The molecule has 2 N–H and O–H groups in total. The fraction of sp³-hybridized carbons (Fsp3) is 0.583. The lowest BCUT2D eigenvalue weighted by Gasteiger charge is -2.34. The topological polar surface area (TPSA) is 59.2 Å². The summed E-state index contributed by atoms with van der Waals surface area (Å²) in [5.74, 6) is -1.81. The predicted octanol–water partition coefficient (Wildman–Crippen LogP) is 2.15. The van der Waals surface area contributed by atoms with Crippen LogP contribution in [0.25, 0.3) is 0 Å². The lowest BCUT2D eigenvalue weighted by atomic mass is 10.1. The largest absolute Gasteiger partial charge is 0.384 e. The molecule has 106 valence electrons. The predicted molar refractivity (Wildman–Crippen MR) is 74.1 cm³/mol. The summed E-state index contributed by atoms with van der Waals surface area (Å²) in [5.41, 5.74) is 5.66. The summed E-state index contributed by atoms with van der Waals surface area (Å²) in [6, 6.07) is 3.28. The highest BCUT2D eigenvalue weighted by Crippen LogP contribution is 2.39. The van der Waals surface area contributed by atoms with Crippen molar-refractivity contribution in [2.45, 2.75) is 18.8 Å². The van der Waals surface area contributed by atoms with Gasteiger partial charge in [-0.1, -0.05) is 0 Å². The maximum atomic E-state index is 13.2. The number of anilines is 2. The molecule has 2 heterocycles. The molecule has 0 saturated carbocycles. The van der Waals surface area contributed by atoms with E-state index >= 15 is 0 Å². The molecule has 4 nitrogen and oxygen atoms in total. The molecule has 2 rings (SSSR count). The summed E-state index contributed by atoms with van der Waals surface area (Å²) in [6.07, 6.45) is -0.415. The van der Waals surface area contributed by atoms with E-state index in [0.29, 0.717) is 16.9 Å². The monoisotopic (exact) mass is 289 g/mol. The lowest BCUT2D eigenvalue weighted by molar-refractivity contribution is -0.0221. The second-order valence-corrected chi connectivity index (χ2v) is 8.46. The smallest absolute Gasteiger partial charge is 0.251 e. The Morgan fingerprint density at radius 3 is 2.42 bits per heavy atom. The van der Waals surface area contributed by atoms with Gasteiger partial charge < -0.3 is 15.2 Å². The van der Waals surface area contributed by atoms with Gasteiger partial charge in [0.15, 0.2) is 0 Å². The first kappa shape index (κ1) is 14.3. The Kier molecular flexibility index (Phi) is 3.56. The van der Waals surface area contributed by atoms with Gasteiger partial charge in [-0.3, -0.25) is 0 Å².